The summed E-state index contributed by atoms with van der Waals surface area (Å²) >= 11 is 0. The molecule has 0 aliphatic heterocycles. The van der Waals surface area contributed by atoms with Crippen LogP contribution in [0, 0.1) is 5.92 Å². The summed E-state index contributed by atoms with van der Waals surface area (Å²) in [5, 5.41) is 0. The molecule has 120 valence electrons. The van der Waals surface area contributed by atoms with Crippen molar-refractivity contribution >= 4 is 11.0 Å². The van der Waals surface area contributed by atoms with Gasteiger partial charge in [-0.3, -0.25) is 0 Å². The molecule has 0 radical (unpaired) electrons. The van der Waals surface area contributed by atoms with E-state index in [9.17, 15) is 13.2 Å². The number of hydrogen-bond acceptors (Lipinski definition) is 3. The molecule has 0 unspecified atom stereocenters. The summed E-state index contributed by atoms with van der Waals surface area (Å²) in [6.07, 6.45) is 1.14. The second-order valence-corrected chi connectivity index (χ2v) is 5.80. The van der Waals surface area contributed by atoms with Gasteiger partial charge in [0.15, 0.2) is 0 Å². The van der Waals surface area contributed by atoms with E-state index in [4.69, 9.17) is 0 Å². The lowest BCUT2D eigenvalue weighted by atomic mass is 10.0. The van der Waals surface area contributed by atoms with Crippen LogP contribution >= 0.6 is 0 Å². The predicted octanol–water partition coefficient (Wildman–Crippen LogP) is 4.17. The topological polar surface area (TPSA) is 43.6 Å². The minimum absolute atomic E-state index is 0.0420. The fraction of sp³-hybridized carbons (Fsp3) is 0.312. The molecule has 23 heavy (non-hydrogen) atoms. The Morgan fingerprint density at radius 2 is 1.83 bits per heavy atom. The number of nitrogens with zero attached hydrogens (tertiary/aromatic N) is 4. The Morgan fingerprint density at radius 3 is 2.43 bits per heavy atom. The molecule has 3 rings (SSSR count). The highest BCUT2D eigenvalue weighted by Gasteiger charge is 2.34. The van der Waals surface area contributed by atoms with Crippen LogP contribution < -0.4 is 0 Å². The number of halogens is 3. The summed E-state index contributed by atoms with van der Waals surface area (Å²) in [6, 6.07) is 2.61. The zero-order valence-electron chi connectivity index (χ0n) is 12.7. The normalized spacial score (nSPS) is 12.3. The van der Waals surface area contributed by atoms with Gasteiger partial charge in [-0.1, -0.05) is 13.8 Å². The molecule has 0 bridgehead atoms. The Hall–Kier alpha value is -2.44. The summed E-state index contributed by atoms with van der Waals surface area (Å²) in [5.74, 6) is 0.309. The summed E-state index contributed by atoms with van der Waals surface area (Å²) in [6.45, 7) is 4.62. The van der Waals surface area contributed by atoms with Crippen molar-refractivity contribution in [3.05, 3.63) is 42.7 Å². The fourth-order valence-corrected chi connectivity index (χ4v) is 2.55. The molecule has 0 aliphatic carbocycles. The molecular formula is C16H15F3N4. The van der Waals surface area contributed by atoms with Gasteiger partial charge >= 0.3 is 6.18 Å². The zero-order chi connectivity index (χ0) is 16.6. The van der Waals surface area contributed by atoms with Crippen LogP contribution in [0.1, 0.15) is 19.4 Å². The van der Waals surface area contributed by atoms with E-state index in [1.807, 2.05) is 13.8 Å². The second-order valence-electron chi connectivity index (χ2n) is 5.80. The zero-order valence-corrected chi connectivity index (χ0v) is 12.7. The highest BCUT2D eigenvalue weighted by molar-refractivity contribution is 5.84. The van der Waals surface area contributed by atoms with Crippen molar-refractivity contribution in [2.75, 3.05) is 0 Å². The third kappa shape index (κ3) is 3.04. The first-order valence-corrected chi connectivity index (χ1v) is 7.17. The van der Waals surface area contributed by atoms with Crippen molar-refractivity contribution < 1.29 is 13.2 Å². The van der Waals surface area contributed by atoms with Gasteiger partial charge in [-0.25, -0.2) is 15.0 Å². The Labute approximate surface area is 131 Å². The molecule has 0 saturated heterocycles. The second kappa shape index (κ2) is 5.64. The van der Waals surface area contributed by atoms with Crippen molar-refractivity contribution in [3.8, 4) is 11.1 Å². The van der Waals surface area contributed by atoms with Gasteiger partial charge in [-0.05, 0) is 23.6 Å². The maximum atomic E-state index is 13.5. The van der Waals surface area contributed by atoms with Crippen molar-refractivity contribution in [3.63, 3.8) is 0 Å². The van der Waals surface area contributed by atoms with E-state index >= 15 is 0 Å². The Kier molecular flexibility index (Phi) is 3.79. The van der Waals surface area contributed by atoms with Crippen LogP contribution in [0.4, 0.5) is 13.2 Å². The molecule has 0 atom stereocenters. The first-order valence-electron chi connectivity index (χ1n) is 7.17. The highest BCUT2D eigenvalue weighted by Crippen LogP contribution is 2.39. The van der Waals surface area contributed by atoms with E-state index in [1.165, 1.54) is 24.8 Å². The van der Waals surface area contributed by atoms with Crippen molar-refractivity contribution in [1.82, 2.24) is 19.5 Å². The largest absolute Gasteiger partial charge is 0.417 e. The van der Waals surface area contributed by atoms with Crippen LogP contribution in [0.5, 0.6) is 0 Å². The summed E-state index contributed by atoms with van der Waals surface area (Å²) in [4.78, 5) is 11.8. The maximum Gasteiger partial charge on any atom is 0.417 e. The molecule has 0 fully saturated rings. The quantitative estimate of drug-likeness (QED) is 0.727. The number of rotatable bonds is 3. The molecular weight excluding hydrogens is 305 g/mol. The molecule has 0 aliphatic rings. The van der Waals surface area contributed by atoms with E-state index < -0.39 is 11.7 Å². The minimum Gasteiger partial charge on any atom is -0.330 e. The Morgan fingerprint density at radius 1 is 1.13 bits per heavy atom. The van der Waals surface area contributed by atoms with Crippen LogP contribution in [0.15, 0.2) is 37.2 Å². The van der Waals surface area contributed by atoms with Gasteiger partial charge in [0.25, 0.3) is 0 Å². The van der Waals surface area contributed by atoms with Crippen LogP contribution in [0.25, 0.3) is 22.2 Å². The number of hydrogen-bond donors (Lipinski definition) is 0. The number of imidazole rings is 1. The lowest BCUT2D eigenvalue weighted by Gasteiger charge is -2.14. The third-order valence-corrected chi connectivity index (χ3v) is 3.50. The van der Waals surface area contributed by atoms with Gasteiger partial charge in [0.2, 0.25) is 0 Å². The average Bonchev–Trinajstić information content (AvgIpc) is 2.88. The molecule has 7 heteroatoms. The van der Waals surface area contributed by atoms with Gasteiger partial charge in [-0.2, -0.15) is 13.2 Å². The minimum atomic E-state index is -4.47. The Bertz CT molecular complexity index is 822. The molecule has 0 N–H and O–H groups in total. The average molecular weight is 320 g/mol. The number of benzene rings is 1. The standard InChI is InChI=1S/C16H15F3N4/c1-10(2)7-23-9-22-14-3-12(11-5-20-8-21-6-11)13(4-15(14)23)16(17,18)19/h3-6,8-10H,7H2,1-2H3. The number of fused-ring (bicyclic) bond motifs is 1. The van der Waals surface area contributed by atoms with Crippen LogP contribution in [-0.4, -0.2) is 19.5 Å². The maximum absolute atomic E-state index is 13.5. The molecule has 0 amide bonds. The molecule has 0 saturated carbocycles. The fourth-order valence-electron chi connectivity index (χ4n) is 2.55. The first-order chi connectivity index (χ1) is 10.9. The van der Waals surface area contributed by atoms with E-state index in [2.05, 4.69) is 15.0 Å². The van der Waals surface area contributed by atoms with Crippen LogP contribution in [0.2, 0.25) is 0 Å². The van der Waals surface area contributed by atoms with E-state index in [-0.39, 0.29) is 5.56 Å². The van der Waals surface area contributed by atoms with E-state index in [0.29, 0.717) is 29.1 Å². The lowest BCUT2D eigenvalue weighted by Crippen LogP contribution is -2.09. The smallest absolute Gasteiger partial charge is 0.330 e. The summed E-state index contributed by atoms with van der Waals surface area (Å²) in [5.41, 5.74) is 0.662. The van der Waals surface area contributed by atoms with Gasteiger partial charge in [-0.15, -0.1) is 0 Å². The van der Waals surface area contributed by atoms with Gasteiger partial charge in [0.05, 0.1) is 22.9 Å². The third-order valence-electron chi connectivity index (χ3n) is 3.50. The van der Waals surface area contributed by atoms with Crippen molar-refractivity contribution in [2.24, 2.45) is 5.92 Å². The van der Waals surface area contributed by atoms with Crippen molar-refractivity contribution in [2.45, 2.75) is 26.6 Å². The van der Waals surface area contributed by atoms with E-state index in [0.717, 1.165) is 6.07 Å². The monoisotopic (exact) mass is 320 g/mol. The number of alkyl halides is 3. The van der Waals surface area contributed by atoms with Crippen molar-refractivity contribution in [1.29, 1.82) is 0 Å². The van der Waals surface area contributed by atoms with Crippen LogP contribution in [-0.2, 0) is 12.7 Å². The Balaban J connectivity index is 2.24. The SMILES string of the molecule is CC(C)Cn1cnc2cc(-c3cncnc3)c(C(F)(F)F)cc21. The lowest BCUT2D eigenvalue weighted by molar-refractivity contribution is -0.137. The first kappa shape index (κ1) is 15.5. The molecule has 2 aromatic heterocycles. The van der Waals surface area contributed by atoms with Gasteiger partial charge in [0.1, 0.15) is 6.33 Å². The highest BCUT2D eigenvalue weighted by atomic mass is 19.4. The molecule has 1 aromatic carbocycles. The molecule has 0 spiro atoms. The summed E-state index contributed by atoms with van der Waals surface area (Å²) in [7, 11) is 0. The predicted molar refractivity (Wildman–Crippen MR) is 80.6 cm³/mol. The van der Waals surface area contributed by atoms with Gasteiger partial charge in [0, 0.05) is 24.5 Å². The molecule has 4 nitrogen and oxygen atoms in total. The number of aromatic nitrogens is 4. The molecule has 2 heterocycles. The summed E-state index contributed by atoms with van der Waals surface area (Å²) < 4.78 is 42.2. The van der Waals surface area contributed by atoms with Crippen LogP contribution in [0.3, 0.4) is 0 Å². The molecule has 3 aromatic rings. The van der Waals surface area contributed by atoms with Gasteiger partial charge < -0.3 is 4.57 Å². The van der Waals surface area contributed by atoms with E-state index in [1.54, 1.807) is 10.9 Å².